The minimum absolute atomic E-state index is 0.344. The SMILES string of the molecule is CC1(C)CCCC(Nc2ccc3c(c2)OCO3)CC1. The van der Waals surface area contributed by atoms with Gasteiger partial charge in [0.05, 0.1) is 0 Å². The highest BCUT2D eigenvalue weighted by Crippen LogP contribution is 2.37. The Labute approximate surface area is 115 Å². The van der Waals surface area contributed by atoms with Crippen molar-refractivity contribution in [1.82, 2.24) is 0 Å². The van der Waals surface area contributed by atoms with Crippen LogP contribution < -0.4 is 14.8 Å². The van der Waals surface area contributed by atoms with Crippen LogP contribution in [0.5, 0.6) is 11.5 Å². The number of fused-ring (bicyclic) bond motifs is 1. The third-order valence-electron chi connectivity index (χ3n) is 4.32. The molecule has 0 radical (unpaired) electrons. The Morgan fingerprint density at radius 2 is 1.95 bits per heavy atom. The first kappa shape index (κ1) is 12.6. The molecule has 1 aliphatic heterocycles. The highest BCUT2D eigenvalue weighted by atomic mass is 16.7. The Morgan fingerprint density at radius 1 is 1.11 bits per heavy atom. The molecule has 1 saturated carbocycles. The van der Waals surface area contributed by atoms with Gasteiger partial charge in [0, 0.05) is 17.8 Å². The van der Waals surface area contributed by atoms with Crippen LogP contribution in [-0.2, 0) is 0 Å². The molecule has 1 unspecified atom stereocenters. The molecule has 3 nitrogen and oxygen atoms in total. The van der Waals surface area contributed by atoms with Gasteiger partial charge in [-0.15, -0.1) is 0 Å². The summed E-state index contributed by atoms with van der Waals surface area (Å²) in [5.74, 6) is 1.71. The molecule has 1 N–H and O–H groups in total. The highest BCUT2D eigenvalue weighted by molar-refractivity contribution is 5.56. The number of nitrogens with one attached hydrogen (secondary N) is 1. The van der Waals surface area contributed by atoms with Crippen LogP contribution in [0.2, 0.25) is 0 Å². The zero-order chi connectivity index (χ0) is 13.3. The molecule has 0 amide bonds. The van der Waals surface area contributed by atoms with E-state index in [1.54, 1.807) is 0 Å². The maximum absolute atomic E-state index is 5.42. The molecule has 1 aromatic carbocycles. The van der Waals surface area contributed by atoms with Gasteiger partial charge in [0.25, 0.3) is 0 Å². The van der Waals surface area contributed by atoms with E-state index in [1.807, 2.05) is 6.07 Å². The smallest absolute Gasteiger partial charge is 0.231 e. The Hall–Kier alpha value is -1.38. The first-order valence-electron chi connectivity index (χ1n) is 7.29. The van der Waals surface area contributed by atoms with Crippen LogP contribution in [0.3, 0.4) is 0 Å². The molecule has 1 fully saturated rings. The van der Waals surface area contributed by atoms with E-state index < -0.39 is 0 Å². The normalized spacial score (nSPS) is 24.8. The third kappa shape index (κ3) is 2.96. The molecular weight excluding hydrogens is 238 g/mol. The largest absolute Gasteiger partial charge is 0.454 e. The molecule has 1 aliphatic carbocycles. The number of anilines is 1. The summed E-state index contributed by atoms with van der Waals surface area (Å²) in [7, 11) is 0. The molecule has 0 bridgehead atoms. The van der Waals surface area contributed by atoms with E-state index in [9.17, 15) is 0 Å². The maximum Gasteiger partial charge on any atom is 0.231 e. The molecule has 2 aliphatic rings. The molecule has 3 rings (SSSR count). The fraction of sp³-hybridized carbons (Fsp3) is 0.625. The van der Waals surface area contributed by atoms with E-state index in [0.29, 0.717) is 18.2 Å². The average molecular weight is 261 g/mol. The van der Waals surface area contributed by atoms with E-state index in [4.69, 9.17) is 9.47 Å². The van der Waals surface area contributed by atoms with Gasteiger partial charge < -0.3 is 14.8 Å². The summed E-state index contributed by atoms with van der Waals surface area (Å²) in [6.45, 7) is 5.11. The summed E-state index contributed by atoms with van der Waals surface area (Å²) in [6, 6.07) is 6.72. The zero-order valence-corrected chi connectivity index (χ0v) is 11.9. The number of ether oxygens (including phenoxy) is 2. The standard InChI is InChI=1S/C16H23NO2/c1-16(2)8-3-4-12(7-9-16)17-13-5-6-14-15(10-13)19-11-18-14/h5-6,10,12,17H,3-4,7-9,11H2,1-2H3. The van der Waals surface area contributed by atoms with E-state index >= 15 is 0 Å². The number of rotatable bonds is 2. The third-order valence-corrected chi connectivity index (χ3v) is 4.32. The van der Waals surface area contributed by atoms with Crippen LogP contribution in [-0.4, -0.2) is 12.8 Å². The van der Waals surface area contributed by atoms with Crippen LogP contribution in [0.25, 0.3) is 0 Å². The van der Waals surface area contributed by atoms with Crippen molar-refractivity contribution in [2.45, 2.75) is 52.0 Å². The summed E-state index contributed by atoms with van der Waals surface area (Å²) in [6.07, 6.45) is 6.47. The van der Waals surface area contributed by atoms with Crippen LogP contribution in [0.1, 0.15) is 46.0 Å². The maximum atomic E-state index is 5.42. The van der Waals surface area contributed by atoms with Crippen molar-refractivity contribution >= 4 is 5.69 Å². The predicted octanol–water partition coefficient (Wildman–Crippen LogP) is 4.19. The molecule has 1 heterocycles. The average Bonchev–Trinajstić information content (AvgIpc) is 2.76. The minimum Gasteiger partial charge on any atom is -0.454 e. The predicted molar refractivity (Wildman–Crippen MR) is 76.8 cm³/mol. The van der Waals surface area contributed by atoms with Crippen molar-refractivity contribution < 1.29 is 9.47 Å². The molecule has 1 aromatic rings. The van der Waals surface area contributed by atoms with Gasteiger partial charge in [0.2, 0.25) is 6.79 Å². The van der Waals surface area contributed by atoms with Crippen molar-refractivity contribution in [3.63, 3.8) is 0 Å². The quantitative estimate of drug-likeness (QED) is 0.810. The summed E-state index contributed by atoms with van der Waals surface area (Å²) in [5.41, 5.74) is 1.65. The topological polar surface area (TPSA) is 30.5 Å². The summed E-state index contributed by atoms with van der Waals surface area (Å²) in [5, 5.41) is 3.65. The molecule has 104 valence electrons. The Balaban J connectivity index is 1.65. The summed E-state index contributed by atoms with van der Waals surface area (Å²) in [4.78, 5) is 0. The van der Waals surface area contributed by atoms with Crippen LogP contribution in [0, 0.1) is 5.41 Å². The molecule has 0 saturated heterocycles. The number of hydrogen-bond acceptors (Lipinski definition) is 3. The van der Waals surface area contributed by atoms with Crippen LogP contribution >= 0.6 is 0 Å². The first-order valence-corrected chi connectivity index (χ1v) is 7.29. The van der Waals surface area contributed by atoms with Crippen LogP contribution in [0.4, 0.5) is 5.69 Å². The Bertz CT molecular complexity index is 456. The lowest BCUT2D eigenvalue weighted by molar-refractivity contribution is 0.174. The number of benzene rings is 1. The fourth-order valence-electron chi connectivity index (χ4n) is 3.03. The highest BCUT2D eigenvalue weighted by Gasteiger charge is 2.24. The lowest BCUT2D eigenvalue weighted by Gasteiger charge is -2.22. The van der Waals surface area contributed by atoms with E-state index in [0.717, 1.165) is 17.2 Å². The van der Waals surface area contributed by atoms with E-state index in [2.05, 4.69) is 31.3 Å². The van der Waals surface area contributed by atoms with Gasteiger partial charge in [-0.25, -0.2) is 0 Å². The van der Waals surface area contributed by atoms with Gasteiger partial charge in [-0.2, -0.15) is 0 Å². The fourth-order valence-corrected chi connectivity index (χ4v) is 3.03. The number of hydrogen-bond donors (Lipinski definition) is 1. The molecular formula is C16H23NO2. The molecule has 3 heteroatoms. The Morgan fingerprint density at radius 3 is 2.84 bits per heavy atom. The molecule has 1 atom stereocenters. The zero-order valence-electron chi connectivity index (χ0n) is 11.9. The summed E-state index contributed by atoms with van der Waals surface area (Å²) < 4.78 is 10.8. The van der Waals surface area contributed by atoms with Crippen molar-refractivity contribution in [1.29, 1.82) is 0 Å². The molecule has 19 heavy (non-hydrogen) atoms. The monoisotopic (exact) mass is 261 g/mol. The van der Waals surface area contributed by atoms with Crippen LogP contribution in [0.15, 0.2) is 18.2 Å². The molecule has 0 aromatic heterocycles. The van der Waals surface area contributed by atoms with Crippen molar-refractivity contribution in [3.8, 4) is 11.5 Å². The lowest BCUT2D eigenvalue weighted by Crippen LogP contribution is -2.19. The Kier molecular flexibility index (Phi) is 3.29. The van der Waals surface area contributed by atoms with E-state index in [-0.39, 0.29) is 0 Å². The second-order valence-corrected chi connectivity index (χ2v) is 6.50. The first-order chi connectivity index (χ1) is 9.12. The van der Waals surface area contributed by atoms with Gasteiger partial charge in [-0.1, -0.05) is 20.3 Å². The van der Waals surface area contributed by atoms with Crippen molar-refractivity contribution in [2.75, 3.05) is 12.1 Å². The van der Waals surface area contributed by atoms with Gasteiger partial charge >= 0.3 is 0 Å². The van der Waals surface area contributed by atoms with Gasteiger partial charge in [-0.3, -0.25) is 0 Å². The van der Waals surface area contributed by atoms with Gasteiger partial charge in [-0.05, 0) is 43.2 Å². The lowest BCUT2D eigenvalue weighted by atomic mass is 9.85. The minimum atomic E-state index is 0.344. The summed E-state index contributed by atoms with van der Waals surface area (Å²) >= 11 is 0. The molecule has 0 spiro atoms. The second kappa shape index (κ2) is 4.95. The van der Waals surface area contributed by atoms with E-state index in [1.165, 1.54) is 32.1 Å². The van der Waals surface area contributed by atoms with Crippen molar-refractivity contribution in [3.05, 3.63) is 18.2 Å². The van der Waals surface area contributed by atoms with Gasteiger partial charge in [0.15, 0.2) is 11.5 Å². The van der Waals surface area contributed by atoms with Gasteiger partial charge in [0.1, 0.15) is 0 Å². The van der Waals surface area contributed by atoms with Crippen molar-refractivity contribution in [2.24, 2.45) is 5.41 Å². The second-order valence-electron chi connectivity index (χ2n) is 6.50.